The predicted molar refractivity (Wildman–Crippen MR) is 78.2 cm³/mol. The van der Waals surface area contributed by atoms with Gasteiger partial charge in [-0.2, -0.15) is 0 Å². The number of rotatable bonds is 3. The fourth-order valence-corrected chi connectivity index (χ4v) is 1.53. The second kappa shape index (κ2) is 7.46. The van der Waals surface area contributed by atoms with Crippen molar-refractivity contribution in [1.29, 1.82) is 0 Å². The summed E-state index contributed by atoms with van der Waals surface area (Å²) >= 11 is 6.43. The van der Waals surface area contributed by atoms with Crippen molar-refractivity contribution in [3.05, 3.63) is 21.1 Å². The highest BCUT2D eigenvalue weighted by Crippen LogP contribution is 2.14. The first-order valence-corrected chi connectivity index (χ1v) is 9.90. The maximum Gasteiger partial charge on any atom is 0.129 e. The van der Waals surface area contributed by atoms with E-state index in [1.165, 1.54) is 0 Å². The summed E-state index contributed by atoms with van der Waals surface area (Å²) in [4.78, 5) is 0. The van der Waals surface area contributed by atoms with Crippen LogP contribution >= 0.6 is 31.9 Å². The molecule has 16 heavy (non-hydrogen) atoms. The van der Waals surface area contributed by atoms with Crippen molar-refractivity contribution in [2.45, 2.75) is 25.7 Å². The van der Waals surface area contributed by atoms with Gasteiger partial charge in [0.1, 0.15) is 14.2 Å². The molecule has 0 aromatic carbocycles. The Kier molecular flexibility index (Phi) is 7.52. The van der Waals surface area contributed by atoms with E-state index in [0.717, 1.165) is 3.39 Å². The third-order valence-electron chi connectivity index (χ3n) is 1.50. The average molecular weight is 368 g/mol. The van der Waals surface area contributed by atoms with E-state index >= 15 is 0 Å². The normalized spacial score (nSPS) is 13.8. The van der Waals surface area contributed by atoms with Gasteiger partial charge in [0.2, 0.25) is 0 Å². The topological polar surface area (TPSA) is 40.5 Å². The molecule has 2 N–H and O–H groups in total. The smallest absolute Gasteiger partial charge is 0.129 e. The van der Waals surface area contributed by atoms with Crippen molar-refractivity contribution in [2.75, 3.05) is 6.61 Å². The molecule has 0 unspecified atom stereocenters. The number of hydrogen-bond donors (Lipinski definition) is 2. The molecule has 2 nitrogen and oxygen atoms in total. The van der Waals surface area contributed by atoms with Gasteiger partial charge in [0.15, 0.2) is 0 Å². The van der Waals surface area contributed by atoms with Crippen molar-refractivity contribution in [1.82, 2.24) is 0 Å². The van der Waals surface area contributed by atoms with E-state index in [2.05, 4.69) is 63.0 Å². The molecule has 0 amide bonds. The summed E-state index contributed by atoms with van der Waals surface area (Å²) < 4.78 is 0.762. The first-order valence-electron chi connectivity index (χ1n) is 4.81. The molecule has 90 valence electrons. The highest BCUT2D eigenvalue weighted by atomic mass is 79.9. The highest BCUT2D eigenvalue weighted by molar-refractivity contribution is 9.28. The van der Waals surface area contributed by atoms with Crippen LogP contribution in [0.5, 0.6) is 0 Å². The molecule has 0 heterocycles. The Morgan fingerprint density at radius 1 is 1.31 bits per heavy atom. The van der Waals surface area contributed by atoms with Crippen molar-refractivity contribution in [3.63, 3.8) is 0 Å². The van der Waals surface area contributed by atoms with Gasteiger partial charge in [-0.15, -0.1) is 5.54 Å². The summed E-state index contributed by atoms with van der Waals surface area (Å²) in [5.41, 5.74) is 3.68. The van der Waals surface area contributed by atoms with Crippen molar-refractivity contribution in [3.8, 4) is 11.5 Å². The van der Waals surface area contributed by atoms with E-state index in [4.69, 9.17) is 5.11 Å². The molecule has 0 aliphatic rings. The van der Waals surface area contributed by atoms with E-state index < -0.39 is 14.2 Å². The van der Waals surface area contributed by atoms with Gasteiger partial charge in [-0.1, -0.05) is 25.6 Å². The molecule has 5 heteroatoms. The van der Waals surface area contributed by atoms with Crippen LogP contribution in [0.4, 0.5) is 0 Å². The first kappa shape index (κ1) is 16.1. The summed E-state index contributed by atoms with van der Waals surface area (Å²) in [6.45, 7) is 6.05. The van der Waals surface area contributed by atoms with Crippen LogP contribution < -0.4 is 0 Å². The fourth-order valence-electron chi connectivity index (χ4n) is 0.747. The van der Waals surface area contributed by atoms with Crippen molar-refractivity contribution >= 4 is 39.9 Å². The highest BCUT2D eigenvalue weighted by Gasteiger charge is 2.10. The standard InChI is InChI=1S/C11H16Br2O2Si/c1-16(2,3)7-6-9(10(15)8-14)4-5-11(12)13/h4-5,10,14-15H,8H2,1-3H3/b9-4+/t10-/m1/s1. The van der Waals surface area contributed by atoms with E-state index in [1.807, 2.05) is 0 Å². The van der Waals surface area contributed by atoms with Crippen LogP contribution in [0.15, 0.2) is 21.1 Å². The van der Waals surface area contributed by atoms with Gasteiger partial charge in [-0.05, 0) is 44.0 Å². The van der Waals surface area contributed by atoms with Crippen LogP contribution in [0.1, 0.15) is 0 Å². The molecule has 0 aromatic rings. The lowest BCUT2D eigenvalue weighted by atomic mass is 10.1. The zero-order valence-electron chi connectivity index (χ0n) is 9.59. The summed E-state index contributed by atoms with van der Waals surface area (Å²) in [6, 6.07) is 0. The molecule has 0 bridgehead atoms. The second-order valence-corrected chi connectivity index (χ2v) is 11.8. The first-order chi connectivity index (χ1) is 7.26. The molecule has 0 aliphatic heterocycles. The zero-order valence-corrected chi connectivity index (χ0v) is 13.8. The molecule has 0 radical (unpaired) electrons. The number of aliphatic hydroxyl groups excluding tert-OH is 2. The molecular weight excluding hydrogens is 352 g/mol. The molecule has 0 spiro atoms. The van der Waals surface area contributed by atoms with Gasteiger partial charge in [0.25, 0.3) is 0 Å². The Balaban J connectivity index is 5.03. The van der Waals surface area contributed by atoms with E-state index in [1.54, 1.807) is 12.2 Å². The van der Waals surface area contributed by atoms with Crippen LogP contribution in [0, 0.1) is 11.5 Å². The monoisotopic (exact) mass is 366 g/mol. The lowest BCUT2D eigenvalue weighted by Crippen LogP contribution is -2.18. The third kappa shape index (κ3) is 8.31. The molecular formula is C11H16Br2O2Si. The van der Waals surface area contributed by atoms with Crippen LogP contribution in [0.3, 0.4) is 0 Å². The molecule has 1 atom stereocenters. The Bertz CT molecular complexity index is 341. The van der Waals surface area contributed by atoms with Gasteiger partial charge in [0, 0.05) is 5.57 Å². The summed E-state index contributed by atoms with van der Waals surface area (Å²) in [5, 5.41) is 18.5. The third-order valence-corrected chi connectivity index (χ3v) is 2.91. The fraction of sp³-hybridized carbons (Fsp3) is 0.455. The number of aliphatic hydroxyl groups is 2. The van der Waals surface area contributed by atoms with Crippen molar-refractivity contribution < 1.29 is 10.2 Å². The summed E-state index contributed by atoms with van der Waals surface area (Å²) in [7, 11) is -1.47. The van der Waals surface area contributed by atoms with Gasteiger partial charge in [-0.25, -0.2) is 0 Å². The largest absolute Gasteiger partial charge is 0.393 e. The minimum Gasteiger partial charge on any atom is -0.393 e. The summed E-state index contributed by atoms with van der Waals surface area (Å²) in [6.07, 6.45) is 2.50. The minimum absolute atomic E-state index is 0.319. The lowest BCUT2D eigenvalue weighted by Gasteiger charge is -2.08. The molecule has 0 saturated carbocycles. The summed E-state index contributed by atoms with van der Waals surface area (Å²) in [5.74, 6) is 2.94. The van der Waals surface area contributed by atoms with Gasteiger partial charge < -0.3 is 10.2 Å². The molecule has 0 fully saturated rings. The second-order valence-electron chi connectivity index (χ2n) is 4.28. The molecule has 0 aromatic heterocycles. The van der Waals surface area contributed by atoms with Crippen LogP contribution in [0.2, 0.25) is 19.6 Å². The van der Waals surface area contributed by atoms with Crippen LogP contribution in [0.25, 0.3) is 0 Å². The number of hydrogen-bond acceptors (Lipinski definition) is 2. The van der Waals surface area contributed by atoms with Crippen molar-refractivity contribution in [2.24, 2.45) is 0 Å². The maximum absolute atomic E-state index is 9.56. The Morgan fingerprint density at radius 3 is 2.25 bits per heavy atom. The number of halogens is 2. The SMILES string of the molecule is C[Si](C)(C)C#C/C(=C\C=C(Br)Br)[C@H](O)CO. The van der Waals surface area contributed by atoms with Crippen LogP contribution in [-0.2, 0) is 0 Å². The Morgan fingerprint density at radius 2 is 1.88 bits per heavy atom. The predicted octanol–water partition coefficient (Wildman–Crippen LogP) is 2.78. The Hall–Kier alpha value is 0.137. The van der Waals surface area contributed by atoms with E-state index in [9.17, 15) is 5.11 Å². The molecule has 0 aliphatic carbocycles. The van der Waals surface area contributed by atoms with Gasteiger partial charge in [0.05, 0.1) is 10.00 Å². The lowest BCUT2D eigenvalue weighted by molar-refractivity contribution is 0.126. The minimum atomic E-state index is -1.47. The van der Waals surface area contributed by atoms with E-state index in [-0.39, 0.29) is 6.61 Å². The Labute approximate surface area is 115 Å². The van der Waals surface area contributed by atoms with E-state index in [0.29, 0.717) is 5.57 Å². The maximum atomic E-state index is 9.56. The van der Waals surface area contributed by atoms with Gasteiger partial charge >= 0.3 is 0 Å². The molecule has 0 rings (SSSR count). The average Bonchev–Trinajstić information content (AvgIpc) is 2.14. The molecule has 0 saturated heterocycles. The zero-order chi connectivity index (χ0) is 12.8. The number of allylic oxidation sites excluding steroid dienone is 2. The van der Waals surface area contributed by atoms with Crippen LogP contribution in [-0.4, -0.2) is 31.0 Å². The van der Waals surface area contributed by atoms with Gasteiger partial charge in [-0.3, -0.25) is 0 Å². The quantitative estimate of drug-likeness (QED) is 0.457.